The number of aliphatic hydroxyl groups is 1. The standard InChI is InChI=1S/C31H40O3/c1-20(32)23-7-5-6-22(18-23)12-15-31(34)17-16-29(3)24(19-31)8-9-25-27-11-10-26(21(2)33)30(27,4)14-13-28(25)29/h5-7,18,24-28,34H,8-11,13-14,16-17,19H2,1-4H3/t24-,25?,26-,27?,28?,29+,30-,31-/m1/s1. The average molecular weight is 461 g/mol. The van der Waals surface area contributed by atoms with E-state index in [0.29, 0.717) is 29.1 Å². The Bertz CT molecular complexity index is 1060. The van der Waals surface area contributed by atoms with Crippen LogP contribution in [-0.2, 0) is 4.79 Å². The van der Waals surface area contributed by atoms with Crippen LogP contribution < -0.4 is 0 Å². The van der Waals surface area contributed by atoms with E-state index >= 15 is 0 Å². The van der Waals surface area contributed by atoms with Gasteiger partial charge in [-0.3, -0.25) is 9.59 Å². The van der Waals surface area contributed by atoms with Crippen LogP contribution in [-0.4, -0.2) is 22.3 Å². The summed E-state index contributed by atoms with van der Waals surface area (Å²) in [4.78, 5) is 24.1. The maximum Gasteiger partial charge on any atom is 0.159 e. The van der Waals surface area contributed by atoms with Gasteiger partial charge in [0.2, 0.25) is 0 Å². The summed E-state index contributed by atoms with van der Waals surface area (Å²) in [7, 11) is 0. The van der Waals surface area contributed by atoms with Crippen LogP contribution in [0, 0.1) is 52.3 Å². The molecular weight excluding hydrogens is 420 g/mol. The van der Waals surface area contributed by atoms with E-state index in [1.807, 2.05) is 31.2 Å². The first-order chi connectivity index (χ1) is 16.1. The fourth-order valence-electron chi connectivity index (χ4n) is 9.03. The summed E-state index contributed by atoms with van der Waals surface area (Å²) in [5.74, 6) is 9.73. The highest BCUT2D eigenvalue weighted by atomic mass is 16.3. The SMILES string of the molecule is CC(=O)c1cccc(C#C[C@@]2(O)CC[C@]3(C)C4CC[C@@]5(C)C(CC[C@@H]5C(C)=O)C4CC[C@@H]3C2)c1. The third kappa shape index (κ3) is 3.78. The van der Waals surface area contributed by atoms with E-state index in [1.54, 1.807) is 6.92 Å². The number of hydrogen-bond acceptors (Lipinski definition) is 3. The number of Topliss-reactive ketones (excluding diaryl/α,β-unsaturated/α-hetero) is 2. The third-order valence-corrected chi connectivity index (χ3v) is 10.9. The topological polar surface area (TPSA) is 54.4 Å². The minimum Gasteiger partial charge on any atom is -0.378 e. The molecule has 4 aliphatic rings. The molecule has 1 aromatic carbocycles. The first-order valence-electron chi connectivity index (χ1n) is 13.4. The molecule has 0 bridgehead atoms. The minimum absolute atomic E-state index is 0.0352. The van der Waals surface area contributed by atoms with Crippen molar-refractivity contribution in [3.8, 4) is 11.8 Å². The van der Waals surface area contributed by atoms with Crippen molar-refractivity contribution < 1.29 is 14.7 Å². The number of fused-ring (bicyclic) bond motifs is 5. The molecule has 0 amide bonds. The second-order valence-electron chi connectivity index (χ2n) is 12.6. The van der Waals surface area contributed by atoms with E-state index in [4.69, 9.17) is 0 Å². The molecule has 0 saturated heterocycles. The smallest absolute Gasteiger partial charge is 0.159 e. The minimum atomic E-state index is -0.945. The molecule has 34 heavy (non-hydrogen) atoms. The second kappa shape index (κ2) is 8.34. The lowest BCUT2D eigenvalue weighted by Crippen LogP contribution is -2.56. The van der Waals surface area contributed by atoms with Gasteiger partial charge >= 0.3 is 0 Å². The molecule has 0 spiro atoms. The average Bonchev–Trinajstić information content (AvgIpc) is 3.16. The van der Waals surface area contributed by atoms with Crippen molar-refractivity contribution >= 4 is 11.6 Å². The Labute approximate surface area is 205 Å². The number of benzene rings is 1. The predicted octanol–water partition coefficient (Wildman–Crippen LogP) is 6.22. The van der Waals surface area contributed by atoms with Gasteiger partial charge in [-0.15, -0.1) is 0 Å². The van der Waals surface area contributed by atoms with E-state index < -0.39 is 5.60 Å². The maximum absolute atomic E-state index is 12.4. The molecule has 4 aliphatic carbocycles. The van der Waals surface area contributed by atoms with Crippen molar-refractivity contribution in [2.24, 2.45) is 40.4 Å². The Hall–Kier alpha value is -1.92. The van der Waals surface area contributed by atoms with Crippen molar-refractivity contribution in [2.45, 2.75) is 91.1 Å². The number of rotatable bonds is 2. The van der Waals surface area contributed by atoms with Gasteiger partial charge in [-0.2, -0.15) is 0 Å². The van der Waals surface area contributed by atoms with Gasteiger partial charge in [0.25, 0.3) is 0 Å². The molecule has 182 valence electrons. The lowest BCUT2D eigenvalue weighted by Gasteiger charge is -2.61. The number of carbonyl (C=O) groups excluding carboxylic acids is 2. The molecule has 3 unspecified atom stereocenters. The van der Waals surface area contributed by atoms with Crippen LogP contribution in [0.4, 0.5) is 0 Å². The molecule has 3 heteroatoms. The van der Waals surface area contributed by atoms with Gasteiger partial charge in [0.15, 0.2) is 5.78 Å². The molecule has 1 N–H and O–H groups in total. The zero-order valence-electron chi connectivity index (χ0n) is 21.3. The molecule has 4 fully saturated rings. The fraction of sp³-hybridized carbons (Fsp3) is 0.677. The molecule has 4 saturated carbocycles. The zero-order valence-corrected chi connectivity index (χ0v) is 21.3. The Morgan fingerprint density at radius 3 is 2.44 bits per heavy atom. The van der Waals surface area contributed by atoms with Crippen LogP contribution in [0.5, 0.6) is 0 Å². The first kappa shape index (κ1) is 23.8. The second-order valence-corrected chi connectivity index (χ2v) is 12.6. The molecule has 0 aliphatic heterocycles. The van der Waals surface area contributed by atoms with Gasteiger partial charge in [0.1, 0.15) is 11.4 Å². The number of ketones is 2. The Morgan fingerprint density at radius 2 is 1.71 bits per heavy atom. The van der Waals surface area contributed by atoms with Crippen molar-refractivity contribution in [1.82, 2.24) is 0 Å². The van der Waals surface area contributed by atoms with Crippen LogP contribution in [0.25, 0.3) is 0 Å². The lowest BCUT2D eigenvalue weighted by molar-refractivity contribution is -0.144. The molecule has 1 aromatic rings. The quantitative estimate of drug-likeness (QED) is 0.421. The van der Waals surface area contributed by atoms with Crippen LogP contribution in [0.2, 0.25) is 0 Å². The summed E-state index contributed by atoms with van der Waals surface area (Å²) in [6.07, 6.45) is 9.62. The van der Waals surface area contributed by atoms with Gasteiger partial charge in [-0.05, 0) is 118 Å². The van der Waals surface area contributed by atoms with Gasteiger partial charge in [0.05, 0.1) is 0 Å². The van der Waals surface area contributed by atoms with Crippen LogP contribution >= 0.6 is 0 Å². The van der Waals surface area contributed by atoms with E-state index in [0.717, 1.165) is 37.2 Å². The number of hydrogen-bond donors (Lipinski definition) is 1. The Morgan fingerprint density at radius 1 is 0.941 bits per heavy atom. The van der Waals surface area contributed by atoms with Crippen LogP contribution in [0.1, 0.15) is 101 Å². The van der Waals surface area contributed by atoms with E-state index in [-0.39, 0.29) is 22.5 Å². The van der Waals surface area contributed by atoms with E-state index in [9.17, 15) is 14.7 Å². The van der Waals surface area contributed by atoms with E-state index in [1.165, 1.54) is 32.1 Å². The molecule has 0 heterocycles. The summed E-state index contributed by atoms with van der Waals surface area (Å²) in [6.45, 7) is 8.29. The summed E-state index contributed by atoms with van der Waals surface area (Å²) < 4.78 is 0. The largest absolute Gasteiger partial charge is 0.378 e. The van der Waals surface area contributed by atoms with Crippen molar-refractivity contribution in [3.05, 3.63) is 35.4 Å². The summed E-state index contributed by atoms with van der Waals surface area (Å²) in [5.41, 5.74) is 0.981. The molecule has 0 radical (unpaired) electrons. The highest BCUT2D eigenvalue weighted by molar-refractivity contribution is 5.94. The van der Waals surface area contributed by atoms with Gasteiger partial charge in [-0.1, -0.05) is 37.8 Å². The van der Waals surface area contributed by atoms with Crippen LogP contribution in [0.15, 0.2) is 24.3 Å². The van der Waals surface area contributed by atoms with Crippen LogP contribution in [0.3, 0.4) is 0 Å². The van der Waals surface area contributed by atoms with Crippen molar-refractivity contribution in [2.75, 3.05) is 0 Å². The molecule has 8 atom stereocenters. The number of carbonyl (C=O) groups is 2. The third-order valence-electron chi connectivity index (χ3n) is 10.9. The predicted molar refractivity (Wildman–Crippen MR) is 134 cm³/mol. The molecular formula is C31H40O3. The summed E-state index contributed by atoms with van der Waals surface area (Å²) in [5, 5.41) is 11.5. The molecule has 3 nitrogen and oxygen atoms in total. The van der Waals surface area contributed by atoms with E-state index in [2.05, 4.69) is 25.7 Å². The Balaban J connectivity index is 1.34. The van der Waals surface area contributed by atoms with Gasteiger partial charge in [-0.25, -0.2) is 0 Å². The normalized spacial score (nSPS) is 43.0. The fourth-order valence-corrected chi connectivity index (χ4v) is 9.03. The maximum atomic E-state index is 12.4. The monoisotopic (exact) mass is 460 g/mol. The van der Waals surface area contributed by atoms with Gasteiger partial charge in [0, 0.05) is 17.0 Å². The lowest BCUT2D eigenvalue weighted by atomic mass is 9.44. The highest BCUT2D eigenvalue weighted by Crippen LogP contribution is 2.68. The zero-order chi connectivity index (χ0) is 24.3. The van der Waals surface area contributed by atoms with Gasteiger partial charge < -0.3 is 5.11 Å². The first-order valence-corrected chi connectivity index (χ1v) is 13.4. The van der Waals surface area contributed by atoms with Crippen molar-refractivity contribution in [3.63, 3.8) is 0 Å². The summed E-state index contributed by atoms with van der Waals surface area (Å²) in [6, 6.07) is 7.41. The molecule has 0 aromatic heterocycles. The Kier molecular flexibility index (Phi) is 5.84. The summed E-state index contributed by atoms with van der Waals surface area (Å²) >= 11 is 0. The molecule has 5 rings (SSSR count). The van der Waals surface area contributed by atoms with Crippen molar-refractivity contribution in [1.29, 1.82) is 0 Å². The highest BCUT2D eigenvalue weighted by Gasteiger charge is 2.61.